The molecule has 0 bridgehead atoms. The van der Waals surface area contributed by atoms with E-state index in [4.69, 9.17) is 14.5 Å². The summed E-state index contributed by atoms with van der Waals surface area (Å²) >= 11 is 0. The van der Waals surface area contributed by atoms with E-state index in [0.717, 1.165) is 35.4 Å². The Bertz CT molecular complexity index is 1080. The standard InChI is InChI=1S/C20H18N2O2.C2H6O/c1-3-22(4-2)13-9-10-16-18(11-13)24-19-12-17(23)14-7-5-6-8-15(14)20(19)21-16;1-2-3/h5-12H,3-4H2,1-2H3;3H,2H2,1H3. The zero-order valence-electron chi connectivity index (χ0n) is 15.9. The van der Waals surface area contributed by atoms with Crippen LogP contribution in [0.15, 0.2) is 57.7 Å². The van der Waals surface area contributed by atoms with Crippen molar-refractivity contribution in [1.82, 2.24) is 4.98 Å². The second kappa shape index (κ2) is 8.18. The number of aromatic nitrogens is 1. The fourth-order valence-electron chi connectivity index (χ4n) is 3.20. The lowest BCUT2D eigenvalue weighted by molar-refractivity contribution is 0.318. The summed E-state index contributed by atoms with van der Waals surface area (Å²) < 4.78 is 6.03. The first-order valence-electron chi connectivity index (χ1n) is 9.25. The monoisotopic (exact) mass is 364 g/mol. The molecule has 0 saturated heterocycles. The van der Waals surface area contributed by atoms with Crippen LogP contribution in [0, 0.1) is 0 Å². The van der Waals surface area contributed by atoms with Crippen molar-refractivity contribution in [2.45, 2.75) is 20.8 Å². The quantitative estimate of drug-likeness (QED) is 0.434. The van der Waals surface area contributed by atoms with Gasteiger partial charge in [-0.3, -0.25) is 4.79 Å². The van der Waals surface area contributed by atoms with Crippen molar-refractivity contribution in [2.75, 3.05) is 24.6 Å². The zero-order chi connectivity index (χ0) is 19.4. The van der Waals surface area contributed by atoms with E-state index < -0.39 is 0 Å². The number of aliphatic hydroxyl groups is 1. The SMILES string of the molecule is CCN(CC)c1ccc2nc3c4ccccc4c(=O)cc-3oc2c1.CCO. The second-order valence-electron chi connectivity index (χ2n) is 6.12. The summed E-state index contributed by atoms with van der Waals surface area (Å²) in [6, 6.07) is 15.1. The van der Waals surface area contributed by atoms with Crippen LogP contribution in [-0.4, -0.2) is 29.8 Å². The Morgan fingerprint density at radius 3 is 2.33 bits per heavy atom. The third-order valence-corrected chi connectivity index (χ3v) is 4.47. The van der Waals surface area contributed by atoms with E-state index in [1.54, 1.807) is 6.92 Å². The van der Waals surface area contributed by atoms with Crippen LogP contribution in [-0.2, 0) is 0 Å². The minimum atomic E-state index is -0.0390. The van der Waals surface area contributed by atoms with Crippen molar-refractivity contribution >= 4 is 27.6 Å². The average Bonchev–Trinajstić information content (AvgIpc) is 2.68. The number of anilines is 1. The number of nitrogens with zero attached hydrogens (tertiary/aromatic N) is 2. The Balaban J connectivity index is 0.000000659. The van der Waals surface area contributed by atoms with Crippen LogP contribution in [0.25, 0.3) is 33.3 Å². The van der Waals surface area contributed by atoms with Gasteiger partial charge in [-0.25, -0.2) is 4.98 Å². The Morgan fingerprint density at radius 2 is 1.67 bits per heavy atom. The van der Waals surface area contributed by atoms with Crippen LogP contribution in [0.1, 0.15) is 20.8 Å². The number of hydrogen-bond donors (Lipinski definition) is 1. The number of hydrogen-bond acceptors (Lipinski definition) is 5. The van der Waals surface area contributed by atoms with Crippen molar-refractivity contribution in [1.29, 1.82) is 0 Å². The molecule has 5 nitrogen and oxygen atoms in total. The Morgan fingerprint density at radius 1 is 1.00 bits per heavy atom. The summed E-state index contributed by atoms with van der Waals surface area (Å²) in [5.41, 5.74) is 3.28. The fourth-order valence-corrected chi connectivity index (χ4v) is 3.20. The molecule has 0 saturated carbocycles. The van der Waals surface area contributed by atoms with Crippen molar-refractivity contribution in [2.24, 2.45) is 0 Å². The topological polar surface area (TPSA) is 66.6 Å². The average molecular weight is 364 g/mol. The van der Waals surface area contributed by atoms with Crippen LogP contribution in [0.5, 0.6) is 0 Å². The first-order valence-corrected chi connectivity index (χ1v) is 9.25. The molecule has 27 heavy (non-hydrogen) atoms. The van der Waals surface area contributed by atoms with Gasteiger partial charge in [0.2, 0.25) is 0 Å². The van der Waals surface area contributed by atoms with Gasteiger partial charge < -0.3 is 14.4 Å². The summed E-state index contributed by atoms with van der Waals surface area (Å²) in [6.45, 7) is 8.04. The number of benzene rings is 3. The maximum Gasteiger partial charge on any atom is 0.190 e. The molecular weight excluding hydrogens is 340 g/mol. The summed E-state index contributed by atoms with van der Waals surface area (Å²) in [4.78, 5) is 19.3. The highest BCUT2D eigenvalue weighted by Crippen LogP contribution is 2.31. The highest BCUT2D eigenvalue weighted by molar-refractivity contribution is 5.96. The van der Waals surface area contributed by atoms with Crippen LogP contribution in [0.2, 0.25) is 0 Å². The number of aliphatic hydroxyl groups excluding tert-OH is 1. The van der Waals surface area contributed by atoms with Crippen molar-refractivity contribution in [3.63, 3.8) is 0 Å². The third-order valence-electron chi connectivity index (χ3n) is 4.47. The maximum absolute atomic E-state index is 12.3. The van der Waals surface area contributed by atoms with E-state index in [9.17, 15) is 4.79 Å². The van der Waals surface area contributed by atoms with Crippen molar-refractivity contribution in [3.05, 3.63) is 58.8 Å². The van der Waals surface area contributed by atoms with Gasteiger partial charge >= 0.3 is 0 Å². The molecule has 0 radical (unpaired) electrons. The first kappa shape index (κ1) is 18.9. The summed E-state index contributed by atoms with van der Waals surface area (Å²) in [5, 5.41) is 9.07. The van der Waals surface area contributed by atoms with Crippen LogP contribution < -0.4 is 10.3 Å². The smallest absolute Gasteiger partial charge is 0.190 e. The Hall–Kier alpha value is -2.92. The molecular formula is C22H24N2O3. The Labute approximate surface area is 158 Å². The molecule has 0 unspecified atom stereocenters. The lowest BCUT2D eigenvalue weighted by Crippen LogP contribution is -2.21. The molecule has 2 aromatic carbocycles. The van der Waals surface area contributed by atoms with Crippen LogP contribution >= 0.6 is 0 Å². The molecule has 0 spiro atoms. The van der Waals surface area contributed by atoms with E-state index in [2.05, 4.69) is 24.8 Å². The third kappa shape index (κ3) is 3.64. The van der Waals surface area contributed by atoms with E-state index in [1.807, 2.05) is 36.4 Å². The van der Waals surface area contributed by atoms with Crippen LogP contribution in [0.4, 0.5) is 5.69 Å². The van der Waals surface area contributed by atoms with E-state index in [-0.39, 0.29) is 12.0 Å². The molecule has 140 valence electrons. The van der Waals surface area contributed by atoms with E-state index >= 15 is 0 Å². The molecule has 1 aliphatic carbocycles. The minimum Gasteiger partial charge on any atom is -0.453 e. The molecule has 5 heteroatoms. The molecule has 1 aliphatic heterocycles. The molecule has 1 heterocycles. The van der Waals surface area contributed by atoms with Gasteiger partial charge in [0.25, 0.3) is 0 Å². The number of fused-ring (bicyclic) bond motifs is 4. The van der Waals surface area contributed by atoms with Crippen molar-refractivity contribution in [3.8, 4) is 11.5 Å². The summed E-state index contributed by atoms with van der Waals surface area (Å²) in [7, 11) is 0. The van der Waals surface area contributed by atoms with Gasteiger partial charge in [0.1, 0.15) is 11.2 Å². The summed E-state index contributed by atoms with van der Waals surface area (Å²) in [6.07, 6.45) is 0. The largest absolute Gasteiger partial charge is 0.453 e. The van der Waals surface area contributed by atoms with Gasteiger partial charge in [0.15, 0.2) is 16.8 Å². The van der Waals surface area contributed by atoms with Gasteiger partial charge in [0.05, 0.1) is 0 Å². The lowest BCUT2D eigenvalue weighted by atomic mass is 10.0. The zero-order valence-corrected chi connectivity index (χ0v) is 15.9. The van der Waals surface area contributed by atoms with Gasteiger partial charge in [-0.2, -0.15) is 0 Å². The fraction of sp³-hybridized carbons (Fsp3) is 0.273. The van der Waals surface area contributed by atoms with Crippen molar-refractivity contribution < 1.29 is 9.52 Å². The van der Waals surface area contributed by atoms with Gasteiger partial charge in [-0.1, -0.05) is 24.3 Å². The minimum absolute atomic E-state index is 0.0390. The van der Waals surface area contributed by atoms with E-state index in [1.165, 1.54) is 6.07 Å². The van der Waals surface area contributed by atoms with E-state index in [0.29, 0.717) is 16.7 Å². The molecule has 2 aromatic rings. The normalized spacial score (nSPS) is 10.8. The first-order chi connectivity index (χ1) is 13.1. The molecule has 1 N–H and O–H groups in total. The molecule has 2 aliphatic rings. The number of rotatable bonds is 3. The van der Waals surface area contributed by atoms with Crippen LogP contribution in [0.3, 0.4) is 0 Å². The molecule has 4 rings (SSSR count). The highest BCUT2D eigenvalue weighted by atomic mass is 16.3. The second-order valence-corrected chi connectivity index (χ2v) is 6.12. The molecule has 0 amide bonds. The van der Waals surface area contributed by atoms with Gasteiger partial charge in [0, 0.05) is 48.3 Å². The lowest BCUT2D eigenvalue weighted by Gasteiger charge is -2.21. The highest BCUT2D eigenvalue weighted by Gasteiger charge is 2.15. The Kier molecular flexibility index (Phi) is 5.72. The maximum atomic E-state index is 12.3. The molecule has 0 fully saturated rings. The predicted octanol–water partition coefficient (Wildman–Crippen LogP) is 4.29. The van der Waals surface area contributed by atoms with Gasteiger partial charge in [-0.05, 0) is 32.9 Å². The molecule has 0 aromatic heterocycles. The van der Waals surface area contributed by atoms with Gasteiger partial charge in [-0.15, -0.1) is 0 Å². The predicted molar refractivity (Wildman–Crippen MR) is 111 cm³/mol. The summed E-state index contributed by atoms with van der Waals surface area (Å²) in [5.74, 6) is 0.530. The molecule has 0 atom stereocenters.